The van der Waals surface area contributed by atoms with E-state index in [2.05, 4.69) is 10.6 Å². The number of benzene rings is 1. The Bertz CT molecular complexity index is 507. The normalized spacial score (nSPS) is 13.0. The second-order valence-electron chi connectivity index (χ2n) is 6.95. The zero-order valence-electron chi connectivity index (χ0n) is 14.4. The number of hydrogen-bond acceptors (Lipinski definition) is 4. The van der Waals surface area contributed by atoms with Crippen molar-refractivity contribution in [2.45, 2.75) is 52.8 Å². The summed E-state index contributed by atoms with van der Waals surface area (Å²) in [6.45, 7) is 10.3. The molecule has 1 aromatic rings. The predicted molar refractivity (Wildman–Crippen MR) is 87.8 cm³/mol. The van der Waals surface area contributed by atoms with Gasteiger partial charge in [-0.3, -0.25) is 0 Å². The van der Waals surface area contributed by atoms with Gasteiger partial charge in [-0.25, -0.2) is 9.18 Å². The number of ether oxygens (including phenoxy) is 1. The second-order valence-corrected chi connectivity index (χ2v) is 6.95. The van der Waals surface area contributed by atoms with Gasteiger partial charge in [0.15, 0.2) is 0 Å². The fourth-order valence-electron chi connectivity index (χ4n) is 2.02. The first-order valence-electron chi connectivity index (χ1n) is 7.75. The molecule has 0 heterocycles. The lowest BCUT2D eigenvalue weighted by Gasteiger charge is -2.26. The summed E-state index contributed by atoms with van der Waals surface area (Å²) in [5.41, 5.74) is 0.0975. The number of amides is 1. The first-order chi connectivity index (χ1) is 10.6. The van der Waals surface area contributed by atoms with Crippen LogP contribution in [0.15, 0.2) is 18.2 Å². The Morgan fingerprint density at radius 1 is 1.30 bits per heavy atom. The molecule has 130 valence electrons. The lowest BCUT2D eigenvalue weighted by molar-refractivity contribution is 0.0490. The SMILES string of the molecule is CC(C)C(CNCc1cc(O)cc(F)c1)NC(=O)OC(C)(C)C. The van der Waals surface area contributed by atoms with Crippen molar-refractivity contribution in [2.24, 2.45) is 5.92 Å². The van der Waals surface area contributed by atoms with E-state index in [9.17, 15) is 14.3 Å². The summed E-state index contributed by atoms with van der Waals surface area (Å²) in [6, 6.07) is 3.80. The van der Waals surface area contributed by atoms with E-state index in [1.165, 1.54) is 12.1 Å². The molecule has 0 bridgehead atoms. The second kappa shape index (κ2) is 8.15. The Balaban J connectivity index is 2.52. The molecule has 1 rings (SSSR count). The van der Waals surface area contributed by atoms with Crippen LogP contribution in [0.1, 0.15) is 40.2 Å². The van der Waals surface area contributed by atoms with Crippen molar-refractivity contribution >= 4 is 6.09 Å². The molecule has 5 nitrogen and oxygen atoms in total. The Hall–Kier alpha value is -1.82. The zero-order valence-corrected chi connectivity index (χ0v) is 14.4. The van der Waals surface area contributed by atoms with Crippen molar-refractivity contribution in [1.82, 2.24) is 10.6 Å². The van der Waals surface area contributed by atoms with Crippen LogP contribution >= 0.6 is 0 Å². The lowest BCUT2D eigenvalue weighted by atomic mass is 10.0. The topological polar surface area (TPSA) is 70.6 Å². The minimum Gasteiger partial charge on any atom is -0.508 e. The molecule has 0 aliphatic heterocycles. The fourth-order valence-corrected chi connectivity index (χ4v) is 2.02. The maximum absolute atomic E-state index is 13.2. The van der Waals surface area contributed by atoms with E-state index in [1.54, 1.807) is 0 Å². The number of phenolic OH excluding ortho intramolecular Hbond substituents is 1. The van der Waals surface area contributed by atoms with Gasteiger partial charge in [0.1, 0.15) is 17.2 Å². The maximum atomic E-state index is 13.2. The number of carbonyl (C=O) groups excluding carboxylic acids is 1. The van der Waals surface area contributed by atoms with Crippen molar-refractivity contribution < 1.29 is 19.0 Å². The molecular formula is C17H27FN2O3. The van der Waals surface area contributed by atoms with Crippen LogP contribution in [0.25, 0.3) is 0 Å². The van der Waals surface area contributed by atoms with Crippen molar-refractivity contribution in [3.63, 3.8) is 0 Å². The van der Waals surface area contributed by atoms with Gasteiger partial charge in [0.05, 0.1) is 0 Å². The molecule has 23 heavy (non-hydrogen) atoms. The number of phenols is 1. The highest BCUT2D eigenvalue weighted by atomic mass is 19.1. The monoisotopic (exact) mass is 326 g/mol. The summed E-state index contributed by atoms with van der Waals surface area (Å²) in [7, 11) is 0. The van der Waals surface area contributed by atoms with Gasteiger partial charge in [-0.1, -0.05) is 13.8 Å². The minimum atomic E-state index is -0.544. The third-order valence-corrected chi connectivity index (χ3v) is 3.14. The summed E-state index contributed by atoms with van der Waals surface area (Å²) in [4.78, 5) is 11.9. The molecule has 0 spiro atoms. The molecule has 0 fully saturated rings. The summed E-state index contributed by atoms with van der Waals surface area (Å²) in [6.07, 6.45) is -0.457. The highest BCUT2D eigenvalue weighted by Gasteiger charge is 2.21. The Kier molecular flexibility index (Phi) is 6.81. The van der Waals surface area contributed by atoms with Gasteiger partial charge in [0.25, 0.3) is 0 Å². The molecule has 1 aromatic carbocycles. The number of nitrogens with one attached hydrogen (secondary N) is 2. The number of carbonyl (C=O) groups is 1. The molecule has 3 N–H and O–H groups in total. The standard InChI is InChI=1S/C17H27FN2O3/c1-11(2)15(20-16(22)23-17(3,4)5)10-19-9-12-6-13(18)8-14(21)7-12/h6-8,11,15,19,21H,9-10H2,1-5H3,(H,20,22). The fraction of sp³-hybridized carbons (Fsp3) is 0.588. The first kappa shape index (κ1) is 19.2. The van der Waals surface area contributed by atoms with Gasteiger partial charge in [-0.15, -0.1) is 0 Å². The molecule has 0 aromatic heterocycles. The molecule has 0 saturated carbocycles. The lowest BCUT2D eigenvalue weighted by Crippen LogP contribution is -2.46. The Morgan fingerprint density at radius 2 is 1.96 bits per heavy atom. The van der Waals surface area contributed by atoms with Crippen molar-refractivity contribution in [3.05, 3.63) is 29.6 Å². The molecule has 1 amide bonds. The van der Waals surface area contributed by atoms with E-state index in [4.69, 9.17) is 4.74 Å². The van der Waals surface area contributed by atoms with Crippen LogP contribution in [-0.4, -0.2) is 29.4 Å². The van der Waals surface area contributed by atoms with Crippen molar-refractivity contribution in [3.8, 4) is 5.75 Å². The third kappa shape index (κ3) is 7.83. The maximum Gasteiger partial charge on any atom is 0.407 e. The van der Waals surface area contributed by atoms with Gasteiger partial charge in [0, 0.05) is 25.2 Å². The third-order valence-electron chi connectivity index (χ3n) is 3.14. The van der Waals surface area contributed by atoms with Crippen molar-refractivity contribution in [2.75, 3.05) is 6.54 Å². The van der Waals surface area contributed by atoms with Crippen LogP contribution in [-0.2, 0) is 11.3 Å². The van der Waals surface area contributed by atoms with Gasteiger partial charge >= 0.3 is 6.09 Å². The number of alkyl carbamates (subject to hydrolysis) is 1. The van der Waals surface area contributed by atoms with Crippen LogP contribution < -0.4 is 10.6 Å². The highest BCUT2D eigenvalue weighted by Crippen LogP contribution is 2.14. The van der Waals surface area contributed by atoms with E-state index >= 15 is 0 Å². The predicted octanol–water partition coefficient (Wildman–Crippen LogP) is 3.17. The molecule has 6 heteroatoms. The van der Waals surface area contributed by atoms with E-state index in [1.807, 2.05) is 34.6 Å². The Morgan fingerprint density at radius 3 is 2.48 bits per heavy atom. The summed E-state index contributed by atoms with van der Waals surface area (Å²) in [5, 5.41) is 15.4. The quantitative estimate of drug-likeness (QED) is 0.751. The van der Waals surface area contributed by atoms with Crippen LogP contribution in [0.5, 0.6) is 5.75 Å². The highest BCUT2D eigenvalue weighted by molar-refractivity contribution is 5.68. The smallest absolute Gasteiger partial charge is 0.407 e. The van der Waals surface area contributed by atoms with E-state index in [0.717, 1.165) is 6.07 Å². The Labute approximate surface area is 137 Å². The van der Waals surface area contributed by atoms with Crippen LogP contribution in [0.2, 0.25) is 0 Å². The van der Waals surface area contributed by atoms with Gasteiger partial charge in [-0.05, 0) is 44.4 Å². The molecular weight excluding hydrogens is 299 g/mol. The van der Waals surface area contributed by atoms with Gasteiger partial charge in [-0.2, -0.15) is 0 Å². The number of halogens is 1. The van der Waals surface area contributed by atoms with Gasteiger partial charge in [0.2, 0.25) is 0 Å². The number of hydrogen-bond donors (Lipinski definition) is 3. The van der Waals surface area contributed by atoms with E-state index in [-0.39, 0.29) is 17.7 Å². The van der Waals surface area contributed by atoms with E-state index in [0.29, 0.717) is 18.7 Å². The summed E-state index contributed by atoms with van der Waals surface area (Å²) >= 11 is 0. The minimum absolute atomic E-state index is 0.103. The summed E-state index contributed by atoms with van der Waals surface area (Å²) < 4.78 is 18.5. The average molecular weight is 326 g/mol. The number of rotatable bonds is 6. The zero-order chi connectivity index (χ0) is 17.6. The molecule has 0 saturated heterocycles. The van der Waals surface area contributed by atoms with Crippen molar-refractivity contribution in [1.29, 1.82) is 0 Å². The molecule has 0 aliphatic carbocycles. The molecule has 1 atom stereocenters. The van der Waals surface area contributed by atoms with Crippen LogP contribution in [0.4, 0.5) is 9.18 Å². The van der Waals surface area contributed by atoms with Crippen LogP contribution in [0.3, 0.4) is 0 Å². The number of aromatic hydroxyl groups is 1. The molecule has 0 aliphatic rings. The largest absolute Gasteiger partial charge is 0.508 e. The molecule has 0 radical (unpaired) electrons. The summed E-state index contributed by atoms with van der Waals surface area (Å²) in [5.74, 6) is -0.376. The average Bonchev–Trinajstić information content (AvgIpc) is 2.33. The van der Waals surface area contributed by atoms with Crippen LogP contribution in [0, 0.1) is 11.7 Å². The van der Waals surface area contributed by atoms with E-state index < -0.39 is 17.5 Å². The first-order valence-corrected chi connectivity index (χ1v) is 7.75. The van der Waals surface area contributed by atoms with Gasteiger partial charge < -0.3 is 20.5 Å². The molecule has 1 unspecified atom stereocenters.